The van der Waals surface area contributed by atoms with Gasteiger partial charge in [0, 0.05) is 24.7 Å². The molecular formula is C15H22N2O2. The number of rotatable bonds is 5. The Hall–Kier alpha value is -1.39. The number of nitrogens with one attached hydrogen (secondary N) is 2. The van der Waals surface area contributed by atoms with Crippen LogP contribution in [-0.2, 0) is 0 Å². The van der Waals surface area contributed by atoms with Gasteiger partial charge in [-0.1, -0.05) is 17.7 Å². The van der Waals surface area contributed by atoms with E-state index in [4.69, 9.17) is 0 Å². The van der Waals surface area contributed by atoms with Gasteiger partial charge in [-0.25, -0.2) is 0 Å². The van der Waals surface area contributed by atoms with E-state index in [0.29, 0.717) is 18.7 Å². The Kier molecular flexibility index (Phi) is 4.93. The SMILES string of the molecule is Cc1ccc(C(=O)NCCN[C@H]2CCC[C@@H]2O)cc1. The van der Waals surface area contributed by atoms with E-state index in [1.807, 2.05) is 31.2 Å². The first-order valence-electron chi connectivity index (χ1n) is 6.93. The number of aliphatic hydroxyl groups excluding tert-OH is 1. The van der Waals surface area contributed by atoms with Crippen molar-refractivity contribution in [2.75, 3.05) is 13.1 Å². The highest BCUT2D eigenvalue weighted by atomic mass is 16.3. The second-order valence-electron chi connectivity index (χ2n) is 5.18. The maximum absolute atomic E-state index is 11.8. The van der Waals surface area contributed by atoms with Crippen molar-refractivity contribution in [3.8, 4) is 0 Å². The molecule has 0 spiro atoms. The van der Waals surface area contributed by atoms with Gasteiger partial charge >= 0.3 is 0 Å². The molecule has 3 N–H and O–H groups in total. The summed E-state index contributed by atoms with van der Waals surface area (Å²) >= 11 is 0. The lowest BCUT2D eigenvalue weighted by molar-refractivity contribution is 0.0952. The van der Waals surface area contributed by atoms with E-state index in [1.165, 1.54) is 0 Å². The summed E-state index contributed by atoms with van der Waals surface area (Å²) in [5, 5.41) is 15.8. The number of aliphatic hydroxyl groups is 1. The predicted octanol–water partition coefficient (Wildman–Crippen LogP) is 1.23. The highest BCUT2D eigenvalue weighted by Gasteiger charge is 2.23. The van der Waals surface area contributed by atoms with Crippen LogP contribution in [0.4, 0.5) is 0 Å². The predicted molar refractivity (Wildman–Crippen MR) is 75.2 cm³/mol. The number of hydrogen-bond acceptors (Lipinski definition) is 3. The number of aryl methyl sites for hydroxylation is 1. The molecule has 2 rings (SSSR count). The van der Waals surface area contributed by atoms with E-state index >= 15 is 0 Å². The summed E-state index contributed by atoms with van der Waals surface area (Å²) in [7, 11) is 0. The summed E-state index contributed by atoms with van der Waals surface area (Å²) < 4.78 is 0. The molecule has 0 unspecified atom stereocenters. The van der Waals surface area contributed by atoms with E-state index in [1.54, 1.807) is 0 Å². The van der Waals surface area contributed by atoms with Crippen molar-refractivity contribution in [2.24, 2.45) is 0 Å². The van der Waals surface area contributed by atoms with Crippen LogP contribution in [0.15, 0.2) is 24.3 Å². The molecular weight excluding hydrogens is 240 g/mol. The van der Waals surface area contributed by atoms with Crippen LogP contribution < -0.4 is 10.6 Å². The number of hydrogen-bond donors (Lipinski definition) is 3. The number of benzene rings is 1. The molecule has 0 aliphatic heterocycles. The van der Waals surface area contributed by atoms with Crippen LogP contribution in [-0.4, -0.2) is 36.2 Å². The maximum Gasteiger partial charge on any atom is 0.251 e. The quantitative estimate of drug-likeness (QED) is 0.699. The molecule has 0 heterocycles. The summed E-state index contributed by atoms with van der Waals surface area (Å²) in [6.07, 6.45) is 2.75. The minimum atomic E-state index is -0.229. The molecule has 2 atom stereocenters. The lowest BCUT2D eigenvalue weighted by Gasteiger charge is -2.16. The van der Waals surface area contributed by atoms with Crippen LogP contribution in [0.3, 0.4) is 0 Å². The van der Waals surface area contributed by atoms with E-state index in [-0.39, 0.29) is 18.1 Å². The zero-order valence-corrected chi connectivity index (χ0v) is 11.4. The molecule has 1 saturated carbocycles. The first-order valence-corrected chi connectivity index (χ1v) is 6.93. The molecule has 19 heavy (non-hydrogen) atoms. The molecule has 0 bridgehead atoms. The van der Waals surface area contributed by atoms with Crippen molar-refractivity contribution >= 4 is 5.91 Å². The van der Waals surface area contributed by atoms with Crippen molar-refractivity contribution in [3.05, 3.63) is 35.4 Å². The van der Waals surface area contributed by atoms with Crippen molar-refractivity contribution < 1.29 is 9.90 Å². The van der Waals surface area contributed by atoms with Gasteiger partial charge in [-0.3, -0.25) is 4.79 Å². The summed E-state index contributed by atoms with van der Waals surface area (Å²) in [4.78, 5) is 11.8. The van der Waals surface area contributed by atoms with Crippen LogP contribution in [0.5, 0.6) is 0 Å². The molecule has 104 valence electrons. The molecule has 0 radical (unpaired) electrons. The summed E-state index contributed by atoms with van der Waals surface area (Å²) in [5.74, 6) is -0.0474. The van der Waals surface area contributed by atoms with Crippen LogP contribution in [0.2, 0.25) is 0 Å². The lowest BCUT2D eigenvalue weighted by atomic mass is 10.1. The first kappa shape index (κ1) is 14.0. The Bertz CT molecular complexity index is 417. The van der Waals surface area contributed by atoms with Gasteiger partial charge < -0.3 is 15.7 Å². The third kappa shape index (κ3) is 4.04. The Morgan fingerprint density at radius 1 is 1.26 bits per heavy atom. The van der Waals surface area contributed by atoms with E-state index in [0.717, 1.165) is 24.8 Å². The Morgan fingerprint density at radius 3 is 2.63 bits per heavy atom. The topological polar surface area (TPSA) is 61.4 Å². The Labute approximate surface area is 114 Å². The average Bonchev–Trinajstić information content (AvgIpc) is 2.81. The first-order chi connectivity index (χ1) is 9.16. The molecule has 4 nitrogen and oxygen atoms in total. The summed E-state index contributed by atoms with van der Waals surface area (Å²) in [5.41, 5.74) is 1.83. The molecule has 1 aliphatic rings. The van der Waals surface area contributed by atoms with Crippen LogP contribution in [0.1, 0.15) is 35.2 Å². The number of carbonyl (C=O) groups excluding carboxylic acids is 1. The van der Waals surface area contributed by atoms with Gasteiger partial charge in [0.15, 0.2) is 0 Å². The number of carbonyl (C=O) groups is 1. The Balaban J connectivity index is 1.68. The highest BCUT2D eigenvalue weighted by Crippen LogP contribution is 2.18. The highest BCUT2D eigenvalue weighted by molar-refractivity contribution is 5.94. The van der Waals surface area contributed by atoms with Crippen molar-refractivity contribution in [2.45, 2.75) is 38.3 Å². The van der Waals surface area contributed by atoms with Gasteiger partial charge in [0.1, 0.15) is 0 Å². The van der Waals surface area contributed by atoms with Crippen molar-refractivity contribution in [3.63, 3.8) is 0 Å². The van der Waals surface area contributed by atoms with Gasteiger partial charge in [0.2, 0.25) is 0 Å². The number of amides is 1. The minimum absolute atomic E-state index is 0.0474. The molecule has 1 fully saturated rings. The normalized spacial score (nSPS) is 22.4. The van der Waals surface area contributed by atoms with E-state index in [9.17, 15) is 9.90 Å². The second-order valence-corrected chi connectivity index (χ2v) is 5.18. The van der Waals surface area contributed by atoms with E-state index < -0.39 is 0 Å². The third-order valence-corrected chi connectivity index (χ3v) is 3.61. The van der Waals surface area contributed by atoms with Gasteiger partial charge in [0.05, 0.1) is 6.10 Å². The fraction of sp³-hybridized carbons (Fsp3) is 0.533. The van der Waals surface area contributed by atoms with Gasteiger partial charge in [-0.05, 0) is 38.3 Å². The average molecular weight is 262 g/mol. The van der Waals surface area contributed by atoms with Crippen LogP contribution in [0, 0.1) is 6.92 Å². The van der Waals surface area contributed by atoms with Crippen LogP contribution >= 0.6 is 0 Å². The van der Waals surface area contributed by atoms with Crippen LogP contribution in [0.25, 0.3) is 0 Å². The molecule has 0 aromatic heterocycles. The molecule has 1 aromatic carbocycles. The maximum atomic E-state index is 11.8. The zero-order chi connectivity index (χ0) is 13.7. The largest absolute Gasteiger partial charge is 0.392 e. The monoisotopic (exact) mass is 262 g/mol. The van der Waals surface area contributed by atoms with Crippen molar-refractivity contribution in [1.29, 1.82) is 0 Å². The Morgan fingerprint density at radius 2 is 2.00 bits per heavy atom. The van der Waals surface area contributed by atoms with Gasteiger partial charge in [-0.2, -0.15) is 0 Å². The van der Waals surface area contributed by atoms with Gasteiger partial charge in [-0.15, -0.1) is 0 Å². The van der Waals surface area contributed by atoms with Crippen molar-refractivity contribution in [1.82, 2.24) is 10.6 Å². The third-order valence-electron chi connectivity index (χ3n) is 3.61. The lowest BCUT2D eigenvalue weighted by Crippen LogP contribution is -2.40. The molecule has 1 aromatic rings. The molecule has 4 heteroatoms. The summed E-state index contributed by atoms with van der Waals surface area (Å²) in [6, 6.07) is 7.72. The minimum Gasteiger partial charge on any atom is -0.392 e. The standard InChI is InChI=1S/C15H22N2O2/c1-11-5-7-12(8-6-11)15(19)17-10-9-16-13-3-2-4-14(13)18/h5-8,13-14,16,18H,2-4,9-10H2,1H3,(H,17,19)/t13-,14-/m0/s1. The fourth-order valence-corrected chi connectivity index (χ4v) is 2.42. The molecule has 1 aliphatic carbocycles. The molecule has 1 amide bonds. The smallest absolute Gasteiger partial charge is 0.251 e. The van der Waals surface area contributed by atoms with Gasteiger partial charge in [0.25, 0.3) is 5.91 Å². The second kappa shape index (κ2) is 6.68. The van der Waals surface area contributed by atoms with E-state index in [2.05, 4.69) is 10.6 Å². The molecule has 0 saturated heterocycles. The zero-order valence-electron chi connectivity index (χ0n) is 11.4. The fourth-order valence-electron chi connectivity index (χ4n) is 2.42. The summed E-state index contributed by atoms with van der Waals surface area (Å²) in [6.45, 7) is 3.27.